The summed E-state index contributed by atoms with van der Waals surface area (Å²) in [4.78, 5) is 1.28. The molecule has 0 heterocycles. The molecule has 0 aliphatic rings. The highest BCUT2D eigenvalue weighted by molar-refractivity contribution is 7.98. The van der Waals surface area contributed by atoms with Gasteiger partial charge in [-0.05, 0) is 43.4 Å². The minimum absolute atomic E-state index is 0.891. The van der Waals surface area contributed by atoms with Crippen LogP contribution >= 0.6 is 23.4 Å². The van der Waals surface area contributed by atoms with E-state index in [-0.39, 0.29) is 0 Å². The van der Waals surface area contributed by atoms with Crippen molar-refractivity contribution in [2.45, 2.75) is 18.7 Å². The van der Waals surface area contributed by atoms with Gasteiger partial charge in [-0.15, -0.1) is 11.8 Å². The lowest BCUT2D eigenvalue weighted by atomic mass is 10.2. The molecule has 0 atom stereocenters. The van der Waals surface area contributed by atoms with Gasteiger partial charge in [0.05, 0.1) is 0 Å². The molecule has 0 aromatic heterocycles. The van der Waals surface area contributed by atoms with Gasteiger partial charge in [-0.2, -0.15) is 0 Å². The van der Waals surface area contributed by atoms with Crippen molar-refractivity contribution < 1.29 is 0 Å². The van der Waals surface area contributed by atoms with Crippen molar-refractivity contribution in [2.75, 3.05) is 6.26 Å². The van der Waals surface area contributed by atoms with E-state index in [2.05, 4.69) is 18.4 Å². The predicted octanol–water partition coefficient (Wildman–Crippen LogP) is 3.68. The van der Waals surface area contributed by atoms with Crippen LogP contribution in [-0.2, 0) is 0 Å². The second kappa shape index (κ2) is 3.51. The molecule has 11 heavy (non-hydrogen) atoms. The van der Waals surface area contributed by atoms with Crippen LogP contribution in [0.4, 0.5) is 0 Å². The van der Waals surface area contributed by atoms with E-state index in [1.807, 2.05) is 13.8 Å². The topological polar surface area (TPSA) is 0 Å². The third-order valence-corrected chi connectivity index (χ3v) is 2.95. The predicted molar refractivity (Wildman–Crippen MR) is 52.7 cm³/mol. The largest absolute Gasteiger partial charge is 0.130 e. The summed E-state index contributed by atoms with van der Waals surface area (Å²) in [6.45, 7) is 4.07. The van der Waals surface area contributed by atoms with Gasteiger partial charge in [-0.25, -0.2) is 0 Å². The molecule has 2 heteroatoms. The van der Waals surface area contributed by atoms with Crippen molar-refractivity contribution in [3.8, 4) is 0 Å². The Morgan fingerprint density at radius 3 is 2.00 bits per heavy atom. The molecule has 0 aliphatic carbocycles. The fourth-order valence-corrected chi connectivity index (χ4v) is 1.72. The molecular formula is C9H11ClS. The molecule has 0 spiro atoms. The molecule has 0 bridgehead atoms. The summed E-state index contributed by atoms with van der Waals surface area (Å²) < 4.78 is 0. The summed E-state index contributed by atoms with van der Waals surface area (Å²) in [6, 6.07) is 4.22. The fourth-order valence-electron chi connectivity index (χ4n) is 1.02. The van der Waals surface area contributed by atoms with Crippen LogP contribution in [0.2, 0.25) is 5.02 Å². The summed E-state index contributed by atoms with van der Waals surface area (Å²) in [5.41, 5.74) is 2.33. The smallest absolute Gasteiger partial charge is 0.0465 e. The first kappa shape index (κ1) is 8.95. The zero-order valence-electron chi connectivity index (χ0n) is 6.94. The number of halogens is 1. The molecular weight excluding hydrogens is 176 g/mol. The number of aryl methyl sites for hydroxylation is 2. The van der Waals surface area contributed by atoms with Gasteiger partial charge in [-0.3, -0.25) is 0 Å². The lowest BCUT2D eigenvalue weighted by Crippen LogP contribution is -1.82. The maximum absolute atomic E-state index is 6.00. The zero-order chi connectivity index (χ0) is 8.43. The second-order valence-corrected chi connectivity index (χ2v) is 3.83. The highest BCUT2D eigenvalue weighted by atomic mass is 35.5. The average Bonchev–Trinajstić information content (AvgIpc) is 1.99. The molecule has 1 rings (SSSR count). The van der Waals surface area contributed by atoms with Gasteiger partial charge < -0.3 is 0 Å². The standard InChI is InChI=1S/C9H11ClS/c1-6-4-8(11-3)5-7(2)9(6)10/h4-5H,1-3H3. The fraction of sp³-hybridized carbons (Fsp3) is 0.333. The normalized spacial score (nSPS) is 10.2. The van der Waals surface area contributed by atoms with Gasteiger partial charge in [0, 0.05) is 9.92 Å². The van der Waals surface area contributed by atoms with E-state index in [1.165, 1.54) is 4.90 Å². The molecule has 0 amide bonds. The van der Waals surface area contributed by atoms with Gasteiger partial charge >= 0.3 is 0 Å². The maximum Gasteiger partial charge on any atom is 0.0465 e. The van der Waals surface area contributed by atoms with Crippen molar-refractivity contribution in [2.24, 2.45) is 0 Å². The van der Waals surface area contributed by atoms with Crippen LogP contribution in [0.25, 0.3) is 0 Å². The van der Waals surface area contributed by atoms with Crippen molar-refractivity contribution in [3.05, 3.63) is 28.3 Å². The summed E-state index contributed by atoms with van der Waals surface area (Å²) in [6.07, 6.45) is 2.07. The number of thioether (sulfide) groups is 1. The Labute approximate surface area is 77.0 Å². The first-order valence-electron chi connectivity index (χ1n) is 3.46. The van der Waals surface area contributed by atoms with E-state index in [9.17, 15) is 0 Å². The third-order valence-electron chi connectivity index (χ3n) is 1.65. The highest BCUT2D eigenvalue weighted by Crippen LogP contribution is 2.25. The van der Waals surface area contributed by atoms with Crippen LogP contribution in [0.15, 0.2) is 17.0 Å². The van der Waals surface area contributed by atoms with E-state index in [0.29, 0.717) is 0 Å². The molecule has 0 saturated carbocycles. The molecule has 60 valence electrons. The Hall–Kier alpha value is -0.140. The van der Waals surface area contributed by atoms with Gasteiger partial charge in [0.2, 0.25) is 0 Å². The number of rotatable bonds is 1. The van der Waals surface area contributed by atoms with Gasteiger partial charge in [-0.1, -0.05) is 11.6 Å². The first-order chi connectivity index (χ1) is 5.15. The van der Waals surface area contributed by atoms with Crippen LogP contribution < -0.4 is 0 Å². The Balaban J connectivity index is 3.21. The molecule has 0 aliphatic heterocycles. The van der Waals surface area contributed by atoms with Gasteiger partial charge in [0.15, 0.2) is 0 Å². The van der Waals surface area contributed by atoms with Crippen LogP contribution in [0.5, 0.6) is 0 Å². The average molecular weight is 187 g/mol. The molecule has 0 saturated heterocycles. The number of hydrogen-bond donors (Lipinski definition) is 0. The molecule has 0 radical (unpaired) electrons. The Morgan fingerprint density at radius 1 is 1.18 bits per heavy atom. The summed E-state index contributed by atoms with van der Waals surface area (Å²) >= 11 is 7.74. The minimum Gasteiger partial charge on any atom is -0.130 e. The maximum atomic E-state index is 6.00. The number of benzene rings is 1. The Kier molecular flexibility index (Phi) is 2.85. The Morgan fingerprint density at radius 2 is 1.64 bits per heavy atom. The van der Waals surface area contributed by atoms with E-state index in [0.717, 1.165) is 16.1 Å². The van der Waals surface area contributed by atoms with Crippen molar-refractivity contribution >= 4 is 23.4 Å². The monoisotopic (exact) mass is 186 g/mol. The molecule has 1 aromatic carbocycles. The van der Waals surface area contributed by atoms with E-state index in [4.69, 9.17) is 11.6 Å². The third kappa shape index (κ3) is 1.91. The van der Waals surface area contributed by atoms with Gasteiger partial charge in [0.1, 0.15) is 0 Å². The first-order valence-corrected chi connectivity index (χ1v) is 5.06. The lowest BCUT2D eigenvalue weighted by Gasteiger charge is -2.04. The quantitative estimate of drug-likeness (QED) is 0.603. The van der Waals surface area contributed by atoms with Gasteiger partial charge in [0.25, 0.3) is 0 Å². The highest BCUT2D eigenvalue weighted by Gasteiger charge is 2.00. The van der Waals surface area contributed by atoms with E-state index < -0.39 is 0 Å². The molecule has 0 N–H and O–H groups in total. The lowest BCUT2D eigenvalue weighted by molar-refractivity contribution is 1.30. The Bertz CT molecular complexity index is 245. The summed E-state index contributed by atoms with van der Waals surface area (Å²) in [7, 11) is 0. The number of hydrogen-bond acceptors (Lipinski definition) is 1. The van der Waals surface area contributed by atoms with E-state index in [1.54, 1.807) is 11.8 Å². The van der Waals surface area contributed by atoms with Crippen LogP contribution in [0, 0.1) is 13.8 Å². The SMILES string of the molecule is CSc1cc(C)c(Cl)c(C)c1. The minimum atomic E-state index is 0.891. The van der Waals surface area contributed by atoms with Crippen LogP contribution in [0.1, 0.15) is 11.1 Å². The van der Waals surface area contributed by atoms with Crippen LogP contribution in [0.3, 0.4) is 0 Å². The zero-order valence-corrected chi connectivity index (χ0v) is 8.51. The van der Waals surface area contributed by atoms with E-state index >= 15 is 0 Å². The van der Waals surface area contributed by atoms with Crippen LogP contribution in [-0.4, -0.2) is 6.26 Å². The van der Waals surface area contributed by atoms with Crippen molar-refractivity contribution in [1.29, 1.82) is 0 Å². The molecule has 0 fully saturated rings. The summed E-state index contributed by atoms with van der Waals surface area (Å²) in [5, 5.41) is 0.891. The molecule has 0 unspecified atom stereocenters. The van der Waals surface area contributed by atoms with Crippen molar-refractivity contribution in [3.63, 3.8) is 0 Å². The van der Waals surface area contributed by atoms with Crippen molar-refractivity contribution in [1.82, 2.24) is 0 Å². The molecule has 0 nitrogen and oxygen atoms in total. The summed E-state index contributed by atoms with van der Waals surface area (Å²) in [5.74, 6) is 0. The second-order valence-electron chi connectivity index (χ2n) is 2.58. The molecule has 1 aromatic rings.